The van der Waals surface area contributed by atoms with Crippen LogP contribution in [-0.2, 0) is 0 Å². The molecule has 2 N–H and O–H groups in total. The zero-order chi connectivity index (χ0) is 15.0. The second kappa shape index (κ2) is 5.06. The number of carbonyl (C=O) groups excluding carboxylic acids is 1. The molecular formula is C19H17NO. The van der Waals surface area contributed by atoms with Crippen molar-refractivity contribution >= 4 is 22.2 Å². The smallest absolute Gasteiger partial charge is 0.193 e. The van der Waals surface area contributed by atoms with E-state index in [9.17, 15) is 4.79 Å². The number of rotatable bonds is 2. The zero-order valence-electron chi connectivity index (χ0n) is 12.2. The fourth-order valence-electron chi connectivity index (χ4n) is 2.75. The van der Waals surface area contributed by atoms with Crippen LogP contribution >= 0.6 is 0 Å². The number of carbonyl (C=O) groups is 1. The minimum atomic E-state index is 0.0154. The Morgan fingerprint density at radius 1 is 0.905 bits per heavy atom. The van der Waals surface area contributed by atoms with Gasteiger partial charge in [-0.1, -0.05) is 36.4 Å². The van der Waals surface area contributed by atoms with E-state index in [1.165, 1.54) is 5.56 Å². The highest BCUT2D eigenvalue weighted by Gasteiger charge is 2.14. The van der Waals surface area contributed by atoms with Crippen molar-refractivity contribution in [1.82, 2.24) is 0 Å². The lowest BCUT2D eigenvalue weighted by Crippen LogP contribution is -2.04. The summed E-state index contributed by atoms with van der Waals surface area (Å²) in [5.41, 5.74) is 10.0. The van der Waals surface area contributed by atoms with Gasteiger partial charge in [-0.3, -0.25) is 4.79 Å². The summed E-state index contributed by atoms with van der Waals surface area (Å²) in [6, 6.07) is 17.4. The van der Waals surface area contributed by atoms with Crippen LogP contribution in [0.15, 0.2) is 54.6 Å². The van der Waals surface area contributed by atoms with Crippen molar-refractivity contribution < 1.29 is 4.79 Å². The summed E-state index contributed by atoms with van der Waals surface area (Å²) < 4.78 is 0. The highest BCUT2D eigenvalue weighted by Crippen LogP contribution is 2.25. The highest BCUT2D eigenvalue weighted by atomic mass is 16.1. The number of fused-ring (bicyclic) bond motifs is 1. The summed E-state index contributed by atoms with van der Waals surface area (Å²) in [4.78, 5) is 12.8. The Bertz CT molecular complexity index is 829. The number of hydrogen-bond donors (Lipinski definition) is 1. The fourth-order valence-corrected chi connectivity index (χ4v) is 2.75. The van der Waals surface area contributed by atoms with E-state index in [0.29, 0.717) is 11.3 Å². The van der Waals surface area contributed by atoms with E-state index in [0.717, 1.165) is 21.9 Å². The number of ketones is 1. The van der Waals surface area contributed by atoms with Gasteiger partial charge in [-0.2, -0.15) is 0 Å². The Labute approximate surface area is 124 Å². The molecule has 0 aliphatic heterocycles. The van der Waals surface area contributed by atoms with Gasteiger partial charge in [-0.15, -0.1) is 0 Å². The summed E-state index contributed by atoms with van der Waals surface area (Å²) in [5.74, 6) is 0.0154. The number of hydrogen-bond acceptors (Lipinski definition) is 2. The molecule has 0 aromatic heterocycles. The van der Waals surface area contributed by atoms with Crippen LogP contribution in [0.4, 0.5) is 5.69 Å². The summed E-state index contributed by atoms with van der Waals surface area (Å²) in [7, 11) is 0. The van der Waals surface area contributed by atoms with E-state index in [4.69, 9.17) is 5.73 Å². The van der Waals surface area contributed by atoms with Gasteiger partial charge < -0.3 is 5.73 Å². The van der Waals surface area contributed by atoms with Crippen molar-refractivity contribution in [2.24, 2.45) is 0 Å². The topological polar surface area (TPSA) is 43.1 Å². The fraction of sp³-hybridized carbons (Fsp3) is 0.105. The molecule has 2 heteroatoms. The number of nitrogens with two attached hydrogens (primary N) is 1. The second-order valence-corrected chi connectivity index (χ2v) is 5.44. The number of nitrogen functional groups attached to an aromatic ring is 1. The van der Waals surface area contributed by atoms with Crippen molar-refractivity contribution in [2.45, 2.75) is 13.8 Å². The third kappa shape index (κ3) is 2.40. The molecule has 0 heterocycles. The first-order valence-corrected chi connectivity index (χ1v) is 6.96. The SMILES string of the molecule is Cc1cc(N)cc(C(=O)c2ccc(C)c3ccccc23)c1. The molecular weight excluding hydrogens is 258 g/mol. The second-order valence-electron chi connectivity index (χ2n) is 5.44. The minimum absolute atomic E-state index is 0.0154. The van der Waals surface area contributed by atoms with Crippen molar-refractivity contribution in [3.63, 3.8) is 0 Å². The molecule has 0 saturated carbocycles. The van der Waals surface area contributed by atoms with Crippen molar-refractivity contribution in [3.8, 4) is 0 Å². The van der Waals surface area contributed by atoms with Gasteiger partial charge in [-0.05, 0) is 53.9 Å². The molecule has 0 unspecified atom stereocenters. The molecule has 0 spiro atoms. The molecule has 3 aromatic carbocycles. The standard InChI is InChI=1S/C19H17NO/c1-12-9-14(11-15(20)10-12)19(21)18-8-7-13(2)16-5-3-4-6-17(16)18/h3-11H,20H2,1-2H3. The van der Waals surface area contributed by atoms with Gasteiger partial charge in [0.15, 0.2) is 5.78 Å². The van der Waals surface area contributed by atoms with Crippen LogP contribution in [-0.4, -0.2) is 5.78 Å². The Morgan fingerprint density at radius 2 is 1.62 bits per heavy atom. The van der Waals surface area contributed by atoms with E-state index in [1.807, 2.05) is 55.5 Å². The lowest BCUT2D eigenvalue weighted by atomic mass is 9.94. The van der Waals surface area contributed by atoms with E-state index in [-0.39, 0.29) is 5.78 Å². The van der Waals surface area contributed by atoms with Crippen molar-refractivity contribution in [1.29, 1.82) is 0 Å². The third-order valence-electron chi connectivity index (χ3n) is 3.75. The Kier molecular flexibility index (Phi) is 3.22. The molecule has 2 nitrogen and oxygen atoms in total. The van der Waals surface area contributed by atoms with Crippen LogP contribution in [0.2, 0.25) is 0 Å². The van der Waals surface area contributed by atoms with Gasteiger partial charge in [0.05, 0.1) is 0 Å². The summed E-state index contributed by atoms with van der Waals surface area (Å²) >= 11 is 0. The average Bonchev–Trinajstić information content (AvgIpc) is 2.46. The first-order chi connectivity index (χ1) is 10.1. The van der Waals surface area contributed by atoms with Crippen LogP contribution in [0, 0.1) is 13.8 Å². The van der Waals surface area contributed by atoms with Gasteiger partial charge in [0.25, 0.3) is 0 Å². The maximum Gasteiger partial charge on any atom is 0.193 e. The van der Waals surface area contributed by atoms with Crippen molar-refractivity contribution in [2.75, 3.05) is 5.73 Å². The molecule has 0 aliphatic rings. The third-order valence-corrected chi connectivity index (χ3v) is 3.75. The maximum atomic E-state index is 12.8. The predicted molar refractivity (Wildman–Crippen MR) is 87.7 cm³/mol. The van der Waals surface area contributed by atoms with Crippen LogP contribution in [0.25, 0.3) is 10.8 Å². The molecule has 0 bridgehead atoms. The highest BCUT2D eigenvalue weighted by molar-refractivity contribution is 6.17. The number of benzene rings is 3. The molecule has 0 atom stereocenters. The Hall–Kier alpha value is -2.61. The maximum absolute atomic E-state index is 12.8. The summed E-state index contributed by atoms with van der Waals surface area (Å²) in [6.45, 7) is 4.00. The van der Waals surface area contributed by atoms with Crippen LogP contribution < -0.4 is 5.73 Å². The summed E-state index contributed by atoms with van der Waals surface area (Å²) in [6.07, 6.45) is 0. The predicted octanol–water partition coefficient (Wildman–Crippen LogP) is 4.27. The van der Waals surface area contributed by atoms with Gasteiger partial charge >= 0.3 is 0 Å². The normalized spacial score (nSPS) is 10.8. The van der Waals surface area contributed by atoms with E-state index in [2.05, 4.69) is 6.92 Å². The van der Waals surface area contributed by atoms with Crippen LogP contribution in [0.1, 0.15) is 27.0 Å². The Morgan fingerprint density at radius 3 is 2.33 bits per heavy atom. The van der Waals surface area contributed by atoms with Gasteiger partial charge in [-0.25, -0.2) is 0 Å². The molecule has 21 heavy (non-hydrogen) atoms. The van der Waals surface area contributed by atoms with E-state index < -0.39 is 0 Å². The first-order valence-electron chi connectivity index (χ1n) is 6.96. The molecule has 104 valence electrons. The molecule has 0 saturated heterocycles. The van der Waals surface area contributed by atoms with Gasteiger partial charge in [0.1, 0.15) is 0 Å². The first kappa shape index (κ1) is 13.4. The Balaban J connectivity index is 2.20. The zero-order valence-corrected chi connectivity index (χ0v) is 12.2. The van der Waals surface area contributed by atoms with Crippen molar-refractivity contribution in [3.05, 3.63) is 76.9 Å². The molecule has 0 amide bonds. The van der Waals surface area contributed by atoms with Crippen LogP contribution in [0.3, 0.4) is 0 Å². The lowest BCUT2D eigenvalue weighted by Gasteiger charge is -2.09. The van der Waals surface area contributed by atoms with E-state index in [1.54, 1.807) is 6.07 Å². The van der Waals surface area contributed by atoms with E-state index >= 15 is 0 Å². The molecule has 3 aromatic rings. The minimum Gasteiger partial charge on any atom is -0.399 e. The van der Waals surface area contributed by atoms with Crippen LogP contribution in [0.5, 0.6) is 0 Å². The molecule has 0 aliphatic carbocycles. The monoisotopic (exact) mass is 275 g/mol. The number of anilines is 1. The average molecular weight is 275 g/mol. The lowest BCUT2D eigenvalue weighted by molar-refractivity contribution is 0.104. The quantitative estimate of drug-likeness (QED) is 0.560. The summed E-state index contributed by atoms with van der Waals surface area (Å²) in [5, 5.41) is 2.10. The van der Waals surface area contributed by atoms with Gasteiger partial charge in [0.2, 0.25) is 0 Å². The molecule has 3 rings (SSSR count). The number of aryl methyl sites for hydroxylation is 2. The molecule has 0 fully saturated rings. The van der Waals surface area contributed by atoms with Gasteiger partial charge in [0, 0.05) is 16.8 Å². The molecule has 0 radical (unpaired) electrons. The largest absolute Gasteiger partial charge is 0.399 e.